The number of allylic oxidation sites excluding steroid dienone is 4. The summed E-state index contributed by atoms with van der Waals surface area (Å²) >= 11 is 7.24. The number of carbonyl (C=O) groups excluding carboxylic acids is 1. The SMILES string of the molecule is CC(C)(C)OC(=O)Nc1ccccc1C1=CC(Br)(Br)CC=C1. The van der Waals surface area contributed by atoms with Gasteiger partial charge in [0.1, 0.15) is 8.83 Å². The first-order valence-electron chi connectivity index (χ1n) is 7.03. The molecule has 0 saturated carbocycles. The smallest absolute Gasteiger partial charge is 0.412 e. The monoisotopic (exact) mass is 427 g/mol. The molecule has 0 unspecified atom stereocenters. The maximum atomic E-state index is 12.0. The molecule has 1 aromatic rings. The molecule has 1 aliphatic carbocycles. The van der Waals surface area contributed by atoms with Crippen molar-refractivity contribution in [2.75, 3.05) is 5.32 Å². The second kappa shape index (κ2) is 6.59. The Balaban J connectivity index is 2.26. The molecule has 0 heterocycles. The number of hydrogen-bond acceptors (Lipinski definition) is 2. The molecule has 0 radical (unpaired) electrons. The maximum absolute atomic E-state index is 12.0. The van der Waals surface area contributed by atoms with Crippen molar-refractivity contribution in [3.8, 4) is 0 Å². The van der Waals surface area contributed by atoms with E-state index in [4.69, 9.17) is 4.74 Å². The van der Waals surface area contributed by atoms with Gasteiger partial charge in [0.05, 0.1) is 5.69 Å². The van der Waals surface area contributed by atoms with Gasteiger partial charge in [0, 0.05) is 5.56 Å². The minimum Gasteiger partial charge on any atom is -0.444 e. The minimum atomic E-state index is -0.524. The van der Waals surface area contributed by atoms with E-state index in [1.54, 1.807) is 0 Å². The number of nitrogens with one attached hydrogen (secondary N) is 1. The zero-order valence-electron chi connectivity index (χ0n) is 12.8. The van der Waals surface area contributed by atoms with Crippen LogP contribution < -0.4 is 5.32 Å². The number of alkyl halides is 2. The molecule has 22 heavy (non-hydrogen) atoms. The highest BCUT2D eigenvalue weighted by molar-refractivity contribution is 9.25. The van der Waals surface area contributed by atoms with E-state index in [2.05, 4.69) is 55.4 Å². The summed E-state index contributed by atoms with van der Waals surface area (Å²) in [7, 11) is 0. The topological polar surface area (TPSA) is 38.3 Å². The van der Waals surface area contributed by atoms with Crippen molar-refractivity contribution in [1.82, 2.24) is 0 Å². The summed E-state index contributed by atoms with van der Waals surface area (Å²) in [4.78, 5) is 12.0. The second-order valence-corrected chi connectivity index (χ2v) is 10.0. The van der Waals surface area contributed by atoms with Gasteiger partial charge in [-0.05, 0) is 44.9 Å². The summed E-state index contributed by atoms with van der Waals surface area (Å²) in [6.45, 7) is 5.53. The van der Waals surface area contributed by atoms with Crippen LogP contribution in [-0.4, -0.2) is 14.9 Å². The fourth-order valence-electron chi connectivity index (χ4n) is 2.10. The first-order valence-corrected chi connectivity index (χ1v) is 8.61. The van der Waals surface area contributed by atoms with E-state index in [0.29, 0.717) is 0 Å². The quantitative estimate of drug-likeness (QED) is 0.598. The highest BCUT2D eigenvalue weighted by atomic mass is 79.9. The number of rotatable bonds is 2. The normalized spacial score (nSPS) is 16.9. The number of amides is 1. The number of carbonyl (C=O) groups is 1. The average molecular weight is 429 g/mol. The third-order valence-electron chi connectivity index (χ3n) is 2.93. The first-order chi connectivity index (χ1) is 10.2. The number of anilines is 1. The van der Waals surface area contributed by atoms with Gasteiger partial charge in [0.15, 0.2) is 0 Å². The molecule has 0 bridgehead atoms. The van der Waals surface area contributed by atoms with Crippen LogP contribution in [0.3, 0.4) is 0 Å². The highest BCUT2D eigenvalue weighted by Gasteiger charge is 2.23. The molecule has 2 rings (SSSR count). The predicted molar refractivity (Wildman–Crippen MR) is 98.6 cm³/mol. The Hall–Kier alpha value is -1.07. The minimum absolute atomic E-state index is 0.247. The van der Waals surface area contributed by atoms with E-state index >= 15 is 0 Å². The molecule has 0 fully saturated rings. The molecular weight excluding hydrogens is 410 g/mol. The summed E-state index contributed by atoms with van der Waals surface area (Å²) in [6.07, 6.45) is 6.63. The Bertz CT molecular complexity index is 628. The van der Waals surface area contributed by atoms with Gasteiger partial charge in [0.2, 0.25) is 0 Å². The zero-order chi connectivity index (χ0) is 16.4. The van der Waals surface area contributed by atoms with Crippen molar-refractivity contribution in [2.45, 2.75) is 36.0 Å². The van der Waals surface area contributed by atoms with E-state index in [1.165, 1.54) is 0 Å². The first kappa shape index (κ1) is 17.3. The van der Waals surface area contributed by atoms with Gasteiger partial charge in [-0.15, -0.1) is 0 Å². The molecular formula is C17H19Br2NO2. The lowest BCUT2D eigenvalue weighted by Crippen LogP contribution is -2.27. The Morgan fingerprint density at radius 2 is 1.95 bits per heavy atom. The van der Waals surface area contributed by atoms with Gasteiger partial charge in [-0.1, -0.05) is 62.2 Å². The molecule has 5 heteroatoms. The maximum Gasteiger partial charge on any atom is 0.412 e. The van der Waals surface area contributed by atoms with Crippen molar-refractivity contribution in [1.29, 1.82) is 0 Å². The second-order valence-electron chi connectivity index (χ2n) is 6.14. The zero-order valence-corrected chi connectivity index (χ0v) is 16.0. The number of halogens is 2. The van der Waals surface area contributed by atoms with Crippen LogP contribution in [0.1, 0.15) is 32.8 Å². The average Bonchev–Trinajstić information content (AvgIpc) is 2.35. The van der Waals surface area contributed by atoms with Crippen LogP contribution in [0.5, 0.6) is 0 Å². The van der Waals surface area contributed by atoms with Crippen LogP contribution >= 0.6 is 31.9 Å². The summed E-state index contributed by atoms with van der Waals surface area (Å²) in [5.74, 6) is 0. The molecule has 0 aliphatic heterocycles. The van der Waals surface area contributed by atoms with E-state index < -0.39 is 11.7 Å². The van der Waals surface area contributed by atoms with Crippen LogP contribution in [0.4, 0.5) is 10.5 Å². The Kier molecular flexibility index (Phi) is 5.17. The fourth-order valence-corrected chi connectivity index (χ4v) is 2.97. The Morgan fingerprint density at radius 1 is 1.27 bits per heavy atom. The van der Waals surface area contributed by atoms with Gasteiger partial charge in [-0.3, -0.25) is 5.32 Å². The molecule has 1 aromatic carbocycles. The lowest BCUT2D eigenvalue weighted by molar-refractivity contribution is 0.0636. The summed E-state index contributed by atoms with van der Waals surface area (Å²) in [6, 6.07) is 7.68. The van der Waals surface area contributed by atoms with Crippen LogP contribution in [-0.2, 0) is 4.74 Å². The summed E-state index contributed by atoms with van der Waals surface area (Å²) in [5, 5.41) is 2.83. The Labute approximate surface area is 148 Å². The number of benzene rings is 1. The Morgan fingerprint density at radius 3 is 2.59 bits per heavy atom. The molecule has 1 aliphatic rings. The molecule has 3 nitrogen and oxygen atoms in total. The largest absolute Gasteiger partial charge is 0.444 e. The third kappa shape index (κ3) is 4.99. The van der Waals surface area contributed by atoms with E-state index in [0.717, 1.165) is 23.2 Å². The molecule has 0 aromatic heterocycles. The van der Waals surface area contributed by atoms with Gasteiger partial charge in [0.25, 0.3) is 0 Å². The van der Waals surface area contributed by atoms with E-state index in [1.807, 2.05) is 45.0 Å². The van der Waals surface area contributed by atoms with E-state index in [9.17, 15) is 4.79 Å². The van der Waals surface area contributed by atoms with Crippen molar-refractivity contribution in [2.24, 2.45) is 0 Å². The fraction of sp³-hybridized carbons (Fsp3) is 0.353. The molecule has 0 atom stereocenters. The highest BCUT2D eigenvalue weighted by Crippen LogP contribution is 2.40. The summed E-state index contributed by atoms with van der Waals surface area (Å²) in [5.41, 5.74) is 2.19. The van der Waals surface area contributed by atoms with E-state index in [-0.39, 0.29) is 3.23 Å². The molecule has 0 spiro atoms. The lowest BCUT2D eigenvalue weighted by atomic mass is 9.98. The predicted octanol–water partition coefficient (Wildman–Crippen LogP) is 5.86. The van der Waals surface area contributed by atoms with Gasteiger partial charge in [-0.2, -0.15) is 0 Å². The number of hydrogen-bond donors (Lipinski definition) is 1. The standard InChI is InChI=1S/C17H19Br2NO2/c1-16(2,3)22-15(21)20-14-9-5-4-8-13(14)12-7-6-10-17(18,19)11-12/h4-9,11H,10H2,1-3H3,(H,20,21). The summed E-state index contributed by atoms with van der Waals surface area (Å²) < 4.78 is 5.07. The van der Waals surface area contributed by atoms with Crippen molar-refractivity contribution in [3.05, 3.63) is 48.1 Å². The number of para-hydroxylation sites is 1. The molecule has 1 N–H and O–H groups in total. The third-order valence-corrected chi connectivity index (χ3v) is 4.03. The van der Waals surface area contributed by atoms with Crippen molar-refractivity contribution in [3.63, 3.8) is 0 Å². The van der Waals surface area contributed by atoms with Gasteiger partial charge < -0.3 is 4.74 Å². The van der Waals surface area contributed by atoms with Crippen LogP contribution in [0.25, 0.3) is 5.57 Å². The molecule has 118 valence electrons. The van der Waals surface area contributed by atoms with Crippen LogP contribution in [0, 0.1) is 0 Å². The van der Waals surface area contributed by atoms with Gasteiger partial charge in [-0.25, -0.2) is 4.79 Å². The molecule has 1 amide bonds. The van der Waals surface area contributed by atoms with Crippen molar-refractivity contribution >= 4 is 49.2 Å². The molecule has 0 saturated heterocycles. The number of ether oxygens (including phenoxy) is 1. The lowest BCUT2D eigenvalue weighted by Gasteiger charge is -2.22. The van der Waals surface area contributed by atoms with Crippen LogP contribution in [0.15, 0.2) is 42.5 Å². The van der Waals surface area contributed by atoms with Crippen LogP contribution in [0.2, 0.25) is 0 Å². The van der Waals surface area contributed by atoms with Crippen molar-refractivity contribution < 1.29 is 9.53 Å². The van der Waals surface area contributed by atoms with Gasteiger partial charge >= 0.3 is 6.09 Å².